The third-order valence-corrected chi connectivity index (χ3v) is 2.88. The molecule has 18 heavy (non-hydrogen) atoms. The highest BCUT2D eigenvalue weighted by Gasteiger charge is 2.02. The van der Waals surface area contributed by atoms with Crippen molar-refractivity contribution in [1.29, 1.82) is 0 Å². The van der Waals surface area contributed by atoms with E-state index in [0.717, 1.165) is 23.5 Å². The highest BCUT2D eigenvalue weighted by Crippen LogP contribution is 2.20. The van der Waals surface area contributed by atoms with Gasteiger partial charge in [-0.25, -0.2) is 0 Å². The van der Waals surface area contributed by atoms with E-state index in [0.29, 0.717) is 6.61 Å². The van der Waals surface area contributed by atoms with Gasteiger partial charge in [0.05, 0.1) is 7.11 Å². The van der Waals surface area contributed by atoms with Gasteiger partial charge in [0.1, 0.15) is 18.1 Å². The molecular formula is C16H18O2. The van der Waals surface area contributed by atoms with E-state index in [9.17, 15) is 0 Å². The van der Waals surface area contributed by atoms with E-state index in [2.05, 4.69) is 13.0 Å². The fourth-order valence-corrected chi connectivity index (χ4v) is 1.86. The average Bonchev–Trinajstić information content (AvgIpc) is 2.45. The van der Waals surface area contributed by atoms with Gasteiger partial charge in [0.2, 0.25) is 0 Å². The minimum atomic E-state index is 0.564. The van der Waals surface area contributed by atoms with Gasteiger partial charge in [0, 0.05) is 0 Å². The average molecular weight is 242 g/mol. The Labute approximate surface area is 108 Å². The Morgan fingerprint density at radius 1 is 1.00 bits per heavy atom. The Kier molecular flexibility index (Phi) is 4.24. The first kappa shape index (κ1) is 12.5. The summed E-state index contributed by atoms with van der Waals surface area (Å²) in [5.74, 6) is 1.82. The minimum Gasteiger partial charge on any atom is -0.497 e. The van der Waals surface area contributed by atoms with Gasteiger partial charge in [0.15, 0.2) is 0 Å². The van der Waals surface area contributed by atoms with Gasteiger partial charge < -0.3 is 9.47 Å². The molecule has 0 atom stereocenters. The van der Waals surface area contributed by atoms with Gasteiger partial charge >= 0.3 is 0 Å². The number of ether oxygens (including phenoxy) is 2. The fraction of sp³-hybridized carbons (Fsp3) is 0.250. The van der Waals surface area contributed by atoms with E-state index < -0.39 is 0 Å². The van der Waals surface area contributed by atoms with Crippen LogP contribution in [0.1, 0.15) is 18.1 Å². The van der Waals surface area contributed by atoms with Crippen LogP contribution >= 0.6 is 0 Å². The summed E-state index contributed by atoms with van der Waals surface area (Å²) in [6, 6.07) is 16.1. The second-order valence-corrected chi connectivity index (χ2v) is 4.10. The molecule has 0 amide bonds. The lowest BCUT2D eigenvalue weighted by Crippen LogP contribution is -1.98. The van der Waals surface area contributed by atoms with Crippen LogP contribution in [0.3, 0.4) is 0 Å². The molecule has 0 N–H and O–H groups in total. The summed E-state index contributed by atoms with van der Waals surface area (Å²) in [6.45, 7) is 2.70. The van der Waals surface area contributed by atoms with Gasteiger partial charge in [-0.2, -0.15) is 0 Å². The van der Waals surface area contributed by atoms with Crippen LogP contribution < -0.4 is 9.47 Å². The number of para-hydroxylation sites is 1. The maximum absolute atomic E-state index is 5.86. The molecule has 0 radical (unpaired) electrons. The standard InChI is InChI=1S/C16H18O2/c1-3-14-8-4-5-10-16(14)18-12-13-7-6-9-15(11-13)17-2/h4-11H,3,12H2,1-2H3. The van der Waals surface area contributed by atoms with Crippen molar-refractivity contribution in [1.82, 2.24) is 0 Å². The third kappa shape index (κ3) is 3.04. The van der Waals surface area contributed by atoms with Gasteiger partial charge in [0.25, 0.3) is 0 Å². The molecule has 0 spiro atoms. The quantitative estimate of drug-likeness (QED) is 0.793. The first-order valence-corrected chi connectivity index (χ1v) is 6.17. The number of hydrogen-bond donors (Lipinski definition) is 0. The van der Waals surface area contributed by atoms with Crippen LogP contribution in [0.4, 0.5) is 0 Å². The monoisotopic (exact) mass is 242 g/mol. The molecular weight excluding hydrogens is 224 g/mol. The van der Waals surface area contributed by atoms with E-state index in [1.165, 1.54) is 5.56 Å². The topological polar surface area (TPSA) is 18.5 Å². The number of hydrogen-bond acceptors (Lipinski definition) is 2. The molecule has 2 rings (SSSR count). The van der Waals surface area contributed by atoms with Crippen LogP contribution in [0.2, 0.25) is 0 Å². The van der Waals surface area contributed by atoms with E-state index in [-0.39, 0.29) is 0 Å². The van der Waals surface area contributed by atoms with Crippen LogP contribution in [0, 0.1) is 0 Å². The Hall–Kier alpha value is -1.96. The molecule has 2 nitrogen and oxygen atoms in total. The van der Waals surface area contributed by atoms with Crippen LogP contribution in [-0.2, 0) is 13.0 Å². The summed E-state index contributed by atoms with van der Waals surface area (Å²) < 4.78 is 11.1. The molecule has 0 aliphatic rings. The number of methoxy groups -OCH3 is 1. The second kappa shape index (κ2) is 6.10. The molecule has 94 valence electrons. The lowest BCUT2D eigenvalue weighted by molar-refractivity contribution is 0.302. The van der Waals surface area contributed by atoms with Crippen molar-refractivity contribution in [3.05, 3.63) is 59.7 Å². The van der Waals surface area contributed by atoms with Crippen molar-refractivity contribution >= 4 is 0 Å². The molecule has 2 heteroatoms. The third-order valence-electron chi connectivity index (χ3n) is 2.88. The summed E-state index contributed by atoms with van der Waals surface area (Å²) in [6.07, 6.45) is 0.980. The van der Waals surface area contributed by atoms with Gasteiger partial charge in [-0.1, -0.05) is 37.3 Å². The van der Waals surface area contributed by atoms with E-state index in [4.69, 9.17) is 9.47 Å². The largest absolute Gasteiger partial charge is 0.497 e. The van der Waals surface area contributed by atoms with Crippen molar-refractivity contribution in [3.63, 3.8) is 0 Å². The van der Waals surface area contributed by atoms with Crippen LogP contribution in [0.5, 0.6) is 11.5 Å². The zero-order valence-corrected chi connectivity index (χ0v) is 10.8. The summed E-state index contributed by atoms with van der Waals surface area (Å²) in [5, 5.41) is 0. The Bertz CT molecular complexity index is 506. The number of benzene rings is 2. The minimum absolute atomic E-state index is 0.564. The Morgan fingerprint density at radius 3 is 2.61 bits per heavy atom. The predicted molar refractivity (Wildman–Crippen MR) is 73.1 cm³/mol. The number of aryl methyl sites for hydroxylation is 1. The summed E-state index contributed by atoms with van der Waals surface area (Å²) >= 11 is 0. The molecule has 0 aliphatic carbocycles. The first-order chi connectivity index (χ1) is 8.83. The maximum atomic E-state index is 5.86. The lowest BCUT2D eigenvalue weighted by atomic mass is 10.1. The van der Waals surface area contributed by atoms with Crippen molar-refractivity contribution in [3.8, 4) is 11.5 Å². The maximum Gasteiger partial charge on any atom is 0.122 e. The molecule has 0 unspecified atom stereocenters. The lowest BCUT2D eigenvalue weighted by Gasteiger charge is -2.10. The molecule has 0 heterocycles. The van der Waals surface area contributed by atoms with Crippen LogP contribution in [0.15, 0.2) is 48.5 Å². The predicted octanol–water partition coefficient (Wildman–Crippen LogP) is 3.84. The van der Waals surface area contributed by atoms with Gasteiger partial charge in [-0.3, -0.25) is 0 Å². The molecule has 0 saturated carbocycles. The molecule has 2 aromatic rings. The van der Waals surface area contributed by atoms with E-state index >= 15 is 0 Å². The first-order valence-electron chi connectivity index (χ1n) is 6.17. The van der Waals surface area contributed by atoms with Gasteiger partial charge in [-0.15, -0.1) is 0 Å². The fourth-order valence-electron chi connectivity index (χ4n) is 1.86. The Balaban J connectivity index is 2.06. The van der Waals surface area contributed by atoms with Crippen LogP contribution in [0.25, 0.3) is 0 Å². The zero-order valence-electron chi connectivity index (χ0n) is 10.8. The zero-order chi connectivity index (χ0) is 12.8. The highest BCUT2D eigenvalue weighted by molar-refractivity contribution is 5.34. The normalized spacial score (nSPS) is 10.1. The summed E-state index contributed by atoms with van der Waals surface area (Å²) in [7, 11) is 1.67. The molecule has 0 saturated heterocycles. The van der Waals surface area contributed by atoms with Crippen molar-refractivity contribution in [2.45, 2.75) is 20.0 Å². The van der Waals surface area contributed by atoms with Crippen molar-refractivity contribution in [2.75, 3.05) is 7.11 Å². The summed E-state index contributed by atoms with van der Waals surface area (Å²) in [4.78, 5) is 0. The number of rotatable bonds is 5. The van der Waals surface area contributed by atoms with Crippen LogP contribution in [-0.4, -0.2) is 7.11 Å². The molecule has 0 bridgehead atoms. The van der Waals surface area contributed by atoms with E-state index in [1.54, 1.807) is 7.11 Å². The smallest absolute Gasteiger partial charge is 0.122 e. The van der Waals surface area contributed by atoms with Crippen molar-refractivity contribution in [2.24, 2.45) is 0 Å². The van der Waals surface area contributed by atoms with Crippen molar-refractivity contribution < 1.29 is 9.47 Å². The Morgan fingerprint density at radius 2 is 1.83 bits per heavy atom. The molecule has 0 fully saturated rings. The van der Waals surface area contributed by atoms with Gasteiger partial charge in [-0.05, 0) is 35.7 Å². The summed E-state index contributed by atoms with van der Waals surface area (Å²) in [5.41, 5.74) is 2.35. The van der Waals surface area contributed by atoms with E-state index in [1.807, 2.05) is 42.5 Å². The SMILES string of the molecule is CCc1ccccc1OCc1cccc(OC)c1. The molecule has 0 aliphatic heterocycles. The molecule has 0 aromatic heterocycles. The highest BCUT2D eigenvalue weighted by atomic mass is 16.5. The second-order valence-electron chi connectivity index (χ2n) is 4.10. The molecule has 2 aromatic carbocycles.